The molecule has 3 fully saturated rings. The lowest BCUT2D eigenvalue weighted by Gasteiger charge is -2.37. The second-order valence-corrected chi connectivity index (χ2v) is 10.1. The van der Waals surface area contributed by atoms with Gasteiger partial charge in [0.25, 0.3) is 23.4 Å². The Hall–Kier alpha value is -3.85. The van der Waals surface area contributed by atoms with E-state index in [-0.39, 0.29) is 33.7 Å². The maximum absolute atomic E-state index is 13.7. The lowest BCUT2D eigenvalue weighted by atomic mass is 9.63. The molecule has 10 heteroatoms. The third-order valence-electron chi connectivity index (χ3n) is 7.89. The van der Waals surface area contributed by atoms with Gasteiger partial charge in [-0.2, -0.15) is 5.01 Å². The zero-order valence-corrected chi connectivity index (χ0v) is 19.6. The number of hydrogen-bond donors (Lipinski definition) is 0. The van der Waals surface area contributed by atoms with Gasteiger partial charge in [-0.3, -0.25) is 29.3 Å². The van der Waals surface area contributed by atoms with Crippen LogP contribution in [0.4, 0.5) is 5.69 Å². The van der Waals surface area contributed by atoms with Crippen LogP contribution < -0.4 is 0 Å². The SMILES string of the molecule is O=C(CN(C(=O)c1ccccc1Cl)N1C(=O)[C@@H]2[C@H]3C=C[C@@H]([C@@H]4C[C@H]34)[C@@H]2C1=O)c1cccc([N+](=O)[O-])c1. The monoisotopic (exact) mass is 505 g/mol. The number of Topliss-reactive ketones (excluding diaryl/α,β-unsaturated/α-hetero) is 1. The van der Waals surface area contributed by atoms with Crippen LogP contribution in [-0.2, 0) is 9.59 Å². The summed E-state index contributed by atoms with van der Waals surface area (Å²) in [6.07, 6.45) is 5.02. The number of non-ortho nitro benzene ring substituents is 1. The van der Waals surface area contributed by atoms with E-state index in [0.29, 0.717) is 11.8 Å². The van der Waals surface area contributed by atoms with Crippen molar-refractivity contribution in [3.8, 4) is 0 Å². The molecule has 3 amide bonds. The number of ketones is 1. The average molecular weight is 506 g/mol. The molecule has 182 valence electrons. The van der Waals surface area contributed by atoms with Crippen LogP contribution in [0.5, 0.6) is 0 Å². The molecule has 5 aliphatic rings. The number of allylic oxidation sites excluding steroid dienone is 2. The first-order chi connectivity index (χ1) is 17.3. The van der Waals surface area contributed by atoms with Crippen LogP contribution in [0, 0.1) is 45.6 Å². The molecule has 0 aromatic heterocycles. The molecule has 0 radical (unpaired) electrons. The molecule has 2 aromatic carbocycles. The molecule has 6 atom stereocenters. The van der Waals surface area contributed by atoms with Crippen molar-refractivity contribution >= 4 is 40.8 Å². The third-order valence-corrected chi connectivity index (χ3v) is 8.22. The van der Waals surface area contributed by atoms with E-state index in [0.717, 1.165) is 22.5 Å². The Kier molecular flexibility index (Phi) is 5.08. The number of carbonyl (C=O) groups is 4. The molecule has 2 bridgehead atoms. The Morgan fingerprint density at radius 1 is 1.00 bits per heavy atom. The van der Waals surface area contributed by atoms with E-state index in [2.05, 4.69) is 0 Å². The van der Waals surface area contributed by atoms with Gasteiger partial charge in [-0.05, 0) is 42.2 Å². The number of hydrogen-bond acceptors (Lipinski definition) is 6. The topological polar surface area (TPSA) is 118 Å². The van der Waals surface area contributed by atoms with E-state index >= 15 is 0 Å². The van der Waals surface area contributed by atoms with Gasteiger partial charge in [0.2, 0.25) is 0 Å². The Labute approximate surface area is 210 Å². The molecule has 0 unspecified atom stereocenters. The van der Waals surface area contributed by atoms with E-state index in [9.17, 15) is 29.3 Å². The smallest absolute Gasteiger partial charge is 0.274 e. The normalized spacial score (nSPS) is 29.1. The number of benzene rings is 2. The van der Waals surface area contributed by atoms with Crippen molar-refractivity contribution in [2.75, 3.05) is 6.54 Å². The average Bonchev–Trinajstić information content (AvgIpc) is 3.66. The molecular formula is C26H20ClN3O6. The number of nitro groups is 1. The van der Waals surface area contributed by atoms with Crippen molar-refractivity contribution in [1.29, 1.82) is 0 Å². The molecule has 1 saturated heterocycles. The van der Waals surface area contributed by atoms with E-state index < -0.39 is 46.8 Å². The summed E-state index contributed by atoms with van der Waals surface area (Å²) in [7, 11) is 0. The summed E-state index contributed by atoms with van der Waals surface area (Å²) in [5, 5.41) is 13.0. The molecule has 1 heterocycles. The summed E-state index contributed by atoms with van der Waals surface area (Å²) in [6, 6.07) is 11.3. The van der Waals surface area contributed by atoms with Gasteiger partial charge in [0.05, 0.1) is 27.3 Å². The number of nitrogens with zero attached hydrogens (tertiary/aromatic N) is 3. The number of hydrazine groups is 1. The minimum Gasteiger partial charge on any atom is -0.292 e. The van der Waals surface area contributed by atoms with Gasteiger partial charge in [0.1, 0.15) is 6.54 Å². The maximum atomic E-state index is 13.7. The van der Waals surface area contributed by atoms with Gasteiger partial charge in [-0.25, -0.2) is 5.01 Å². The largest absolute Gasteiger partial charge is 0.292 e. The highest BCUT2D eigenvalue weighted by Crippen LogP contribution is 2.65. The van der Waals surface area contributed by atoms with Gasteiger partial charge < -0.3 is 0 Å². The van der Waals surface area contributed by atoms with Crippen molar-refractivity contribution in [3.63, 3.8) is 0 Å². The van der Waals surface area contributed by atoms with Gasteiger partial charge in [0.15, 0.2) is 5.78 Å². The van der Waals surface area contributed by atoms with Gasteiger partial charge in [-0.1, -0.05) is 48.0 Å². The number of rotatable bonds is 6. The summed E-state index contributed by atoms with van der Waals surface area (Å²) in [4.78, 5) is 64.8. The third kappa shape index (κ3) is 3.30. The Morgan fingerprint density at radius 3 is 2.25 bits per heavy atom. The minimum atomic E-state index is -0.773. The predicted molar refractivity (Wildman–Crippen MR) is 126 cm³/mol. The van der Waals surface area contributed by atoms with E-state index in [1.54, 1.807) is 12.1 Å². The fourth-order valence-corrected chi connectivity index (χ4v) is 6.42. The maximum Gasteiger partial charge on any atom is 0.274 e. The highest BCUT2D eigenvalue weighted by Gasteiger charge is 2.68. The van der Waals surface area contributed by atoms with Crippen molar-refractivity contribution in [2.24, 2.45) is 35.5 Å². The van der Waals surface area contributed by atoms with Gasteiger partial charge in [0, 0.05) is 17.7 Å². The van der Waals surface area contributed by atoms with Crippen molar-refractivity contribution in [2.45, 2.75) is 6.42 Å². The number of nitro benzene ring substituents is 1. The van der Waals surface area contributed by atoms with Crippen LogP contribution >= 0.6 is 11.6 Å². The highest BCUT2D eigenvalue weighted by atomic mass is 35.5. The van der Waals surface area contributed by atoms with Crippen LogP contribution in [0.25, 0.3) is 0 Å². The van der Waals surface area contributed by atoms with Crippen LogP contribution in [0.1, 0.15) is 27.1 Å². The second kappa shape index (κ2) is 8.09. The molecule has 9 nitrogen and oxygen atoms in total. The zero-order chi connectivity index (χ0) is 25.3. The Morgan fingerprint density at radius 2 is 1.64 bits per heavy atom. The quantitative estimate of drug-likeness (QED) is 0.195. The van der Waals surface area contributed by atoms with E-state index in [4.69, 9.17) is 11.6 Å². The standard InChI is InChI=1S/C26H20ClN3O6/c27-20-7-2-1-6-17(20)24(32)28(12-21(31)13-4-3-5-14(10-13)30(35)36)29-25(33)22-15-8-9-16(19-11-18(15)19)23(22)26(29)34/h1-10,15-16,18-19,22-23H,11-12H2/t15-,16-,18-,19+,22-,23+/m0/s1. The summed E-state index contributed by atoms with van der Waals surface area (Å²) in [5.41, 5.74) is -0.267. The number of carbonyl (C=O) groups excluding carboxylic acids is 4. The number of halogens is 1. The number of amides is 3. The van der Waals surface area contributed by atoms with Crippen LogP contribution in [0.2, 0.25) is 5.02 Å². The molecule has 7 rings (SSSR count). The van der Waals surface area contributed by atoms with Crippen molar-refractivity contribution in [1.82, 2.24) is 10.0 Å². The molecule has 1 aliphatic heterocycles. The Bertz CT molecular complexity index is 1350. The number of imide groups is 1. The first-order valence-electron chi connectivity index (χ1n) is 11.7. The first kappa shape index (κ1) is 22.6. The molecule has 0 N–H and O–H groups in total. The summed E-state index contributed by atoms with van der Waals surface area (Å²) >= 11 is 6.25. The second-order valence-electron chi connectivity index (χ2n) is 9.72. The van der Waals surface area contributed by atoms with Crippen LogP contribution in [-0.4, -0.2) is 45.0 Å². The first-order valence-corrected chi connectivity index (χ1v) is 12.1. The van der Waals surface area contributed by atoms with E-state index in [1.165, 1.54) is 30.3 Å². The summed E-state index contributed by atoms with van der Waals surface area (Å²) < 4.78 is 0. The molecule has 2 aromatic rings. The lowest BCUT2D eigenvalue weighted by molar-refractivity contribution is -0.384. The molecule has 36 heavy (non-hydrogen) atoms. The van der Waals surface area contributed by atoms with Crippen molar-refractivity contribution in [3.05, 3.63) is 86.9 Å². The van der Waals surface area contributed by atoms with Gasteiger partial charge >= 0.3 is 0 Å². The molecule has 0 spiro atoms. The fraction of sp³-hybridized carbons (Fsp3) is 0.308. The molecular weight excluding hydrogens is 486 g/mol. The fourth-order valence-electron chi connectivity index (χ4n) is 6.21. The minimum absolute atomic E-state index is 0.0133. The highest BCUT2D eigenvalue weighted by molar-refractivity contribution is 6.34. The Balaban J connectivity index is 1.37. The predicted octanol–water partition coefficient (Wildman–Crippen LogP) is 3.54. The van der Waals surface area contributed by atoms with Crippen LogP contribution in [0.3, 0.4) is 0 Å². The van der Waals surface area contributed by atoms with Gasteiger partial charge in [-0.15, -0.1) is 0 Å². The zero-order valence-electron chi connectivity index (χ0n) is 18.8. The lowest BCUT2D eigenvalue weighted by Crippen LogP contribution is -2.52. The molecule has 2 saturated carbocycles. The van der Waals surface area contributed by atoms with Crippen molar-refractivity contribution < 1.29 is 24.1 Å². The summed E-state index contributed by atoms with van der Waals surface area (Å²) in [6.45, 7) is -0.655. The van der Waals surface area contributed by atoms with E-state index in [1.807, 2.05) is 12.2 Å². The molecule has 4 aliphatic carbocycles. The summed E-state index contributed by atoms with van der Waals surface area (Å²) in [5.74, 6) is -2.93. The van der Waals surface area contributed by atoms with Crippen LogP contribution in [0.15, 0.2) is 60.7 Å².